The number of nitro benzene ring substituents is 1. The lowest BCUT2D eigenvalue weighted by Crippen LogP contribution is -2.47. The second-order valence-corrected chi connectivity index (χ2v) is 6.57. The Labute approximate surface area is 145 Å². The number of nitriles is 1. The van der Waals surface area contributed by atoms with Crippen LogP contribution >= 0.6 is 0 Å². The molecule has 1 amide bonds. The molecule has 3 rings (SSSR count). The van der Waals surface area contributed by atoms with Crippen LogP contribution in [0.25, 0.3) is 0 Å². The number of carbonyl (C=O) groups is 1. The van der Waals surface area contributed by atoms with E-state index in [0.29, 0.717) is 25.3 Å². The number of benzene rings is 1. The zero-order valence-electron chi connectivity index (χ0n) is 13.7. The van der Waals surface area contributed by atoms with E-state index in [1.54, 1.807) is 17.0 Å². The van der Waals surface area contributed by atoms with Crippen molar-refractivity contribution in [3.63, 3.8) is 0 Å². The average Bonchev–Trinajstić information content (AvgIpc) is 3.24. The fourth-order valence-electron chi connectivity index (χ4n) is 3.31. The minimum absolute atomic E-state index is 0.0157. The van der Waals surface area contributed by atoms with Crippen LogP contribution in [0, 0.1) is 33.3 Å². The molecule has 2 N–H and O–H groups in total. The number of ether oxygens (including phenoxy) is 1. The van der Waals surface area contributed by atoms with Crippen LogP contribution < -0.4 is 10.5 Å². The first-order valence-corrected chi connectivity index (χ1v) is 8.34. The van der Waals surface area contributed by atoms with Crippen molar-refractivity contribution in [2.75, 3.05) is 13.2 Å². The molecule has 8 nitrogen and oxygen atoms in total. The van der Waals surface area contributed by atoms with E-state index in [2.05, 4.69) is 6.07 Å². The maximum atomic E-state index is 12.5. The van der Waals surface area contributed by atoms with Gasteiger partial charge in [-0.25, -0.2) is 0 Å². The predicted octanol–water partition coefficient (Wildman–Crippen LogP) is 1.45. The number of carbonyl (C=O) groups excluding carboxylic acids is 1. The van der Waals surface area contributed by atoms with Crippen molar-refractivity contribution >= 4 is 11.6 Å². The van der Waals surface area contributed by atoms with Crippen molar-refractivity contribution in [1.82, 2.24) is 4.90 Å². The number of hydrogen-bond donors (Lipinski definition) is 1. The van der Waals surface area contributed by atoms with Gasteiger partial charge in [0.25, 0.3) is 5.69 Å². The van der Waals surface area contributed by atoms with Crippen LogP contribution in [0.15, 0.2) is 24.3 Å². The Hall–Kier alpha value is -2.66. The number of rotatable bonds is 6. The number of non-ortho nitro benzene ring substituents is 1. The van der Waals surface area contributed by atoms with Crippen LogP contribution in [0.2, 0.25) is 0 Å². The molecule has 0 bridgehead atoms. The van der Waals surface area contributed by atoms with Crippen molar-refractivity contribution in [3.8, 4) is 11.8 Å². The molecule has 1 aromatic rings. The monoisotopic (exact) mass is 344 g/mol. The minimum Gasteiger partial charge on any atom is -0.493 e. The Morgan fingerprint density at radius 2 is 2.20 bits per heavy atom. The summed E-state index contributed by atoms with van der Waals surface area (Å²) in [6.07, 6.45) is 2.37. The van der Waals surface area contributed by atoms with Gasteiger partial charge in [0.1, 0.15) is 11.8 Å². The average molecular weight is 344 g/mol. The first-order chi connectivity index (χ1) is 12.0. The van der Waals surface area contributed by atoms with Gasteiger partial charge in [-0.2, -0.15) is 5.26 Å². The lowest BCUT2D eigenvalue weighted by molar-refractivity contribution is -0.384. The third-order valence-corrected chi connectivity index (χ3v) is 4.92. The lowest BCUT2D eigenvalue weighted by Gasteiger charge is -2.23. The Morgan fingerprint density at radius 1 is 1.48 bits per heavy atom. The van der Waals surface area contributed by atoms with Gasteiger partial charge < -0.3 is 15.4 Å². The van der Waals surface area contributed by atoms with Gasteiger partial charge in [-0.15, -0.1) is 0 Å². The molecule has 0 unspecified atom stereocenters. The van der Waals surface area contributed by atoms with Crippen LogP contribution in [0.5, 0.6) is 5.75 Å². The molecule has 0 spiro atoms. The summed E-state index contributed by atoms with van der Waals surface area (Å²) in [7, 11) is 0. The van der Waals surface area contributed by atoms with Crippen LogP contribution in [0.3, 0.4) is 0 Å². The molecule has 0 aromatic heterocycles. The SMILES string of the molecule is N#C[C@@H]1CCCN1C(=O)[C@@H](N)[C@@H]1C[C@@H]1COc1ccc([N+](=O)[O-])cc1. The van der Waals surface area contributed by atoms with Gasteiger partial charge in [0.2, 0.25) is 5.91 Å². The summed E-state index contributed by atoms with van der Waals surface area (Å²) in [5.41, 5.74) is 6.12. The summed E-state index contributed by atoms with van der Waals surface area (Å²) in [5.74, 6) is 0.662. The van der Waals surface area contributed by atoms with Crippen molar-refractivity contribution < 1.29 is 14.5 Å². The van der Waals surface area contributed by atoms with E-state index in [1.165, 1.54) is 12.1 Å². The third kappa shape index (κ3) is 3.72. The number of likely N-dealkylation sites (tertiary alicyclic amines) is 1. The van der Waals surface area contributed by atoms with Crippen molar-refractivity contribution in [2.24, 2.45) is 17.6 Å². The van der Waals surface area contributed by atoms with E-state index in [1.807, 2.05) is 0 Å². The Balaban J connectivity index is 1.48. The maximum Gasteiger partial charge on any atom is 0.269 e. The topological polar surface area (TPSA) is 122 Å². The molecular weight excluding hydrogens is 324 g/mol. The molecule has 1 heterocycles. The summed E-state index contributed by atoms with van der Waals surface area (Å²) >= 11 is 0. The second kappa shape index (κ2) is 7.07. The summed E-state index contributed by atoms with van der Waals surface area (Å²) in [6, 6.07) is 7.11. The molecule has 1 aliphatic carbocycles. The third-order valence-electron chi connectivity index (χ3n) is 4.92. The van der Waals surface area contributed by atoms with E-state index in [9.17, 15) is 14.9 Å². The van der Waals surface area contributed by atoms with Gasteiger partial charge in [-0.3, -0.25) is 14.9 Å². The fourth-order valence-corrected chi connectivity index (χ4v) is 3.31. The molecule has 8 heteroatoms. The van der Waals surface area contributed by atoms with Crippen LogP contribution in [-0.4, -0.2) is 41.0 Å². The van der Waals surface area contributed by atoms with E-state index in [-0.39, 0.29) is 29.5 Å². The maximum absolute atomic E-state index is 12.5. The van der Waals surface area contributed by atoms with Crippen LogP contribution in [0.4, 0.5) is 5.69 Å². The number of hydrogen-bond acceptors (Lipinski definition) is 6. The second-order valence-electron chi connectivity index (χ2n) is 6.57. The number of nitrogens with zero attached hydrogens (tertiary/aromatic N) is 3. The van der Waals surface area contributed by atoms with Crippen molar-refractivity contribution in [3.05, 3.63) is 34.4 Å². The molecule has 1 saturated carbocycles. The summed E-state index contributed by atoms with van der Waals surface area (Å²) in [4.78, 5) is 24.2. The lowest BCUT2D eigenvalue weighted by atomic mass is 10.1. The van der Waals surface area contributed by atoms with Crippen molar-refractivity contribution in [2.45, 2.75) is 31.3 Å². The van der Waals surface area contributed by atoms with Gasteiger partial charge >= 0.3 is 0 Å². The summed E-state index contributed by atoms with van der Waals surface area (Å²) in [5, 5.41) is 19.7. The molecule has 2 aliphatic rings. The number of nitro groups is 1. The standard InChI is InChI=1S/C17H20N4O4/c18-9-13-2-1-7-20(13)17(22)16(19)15-8-11(15)10-25-14-5-3-12(4-6-14)21(23)24/h3-6,11,13,15-16H,1-2,7-8,10,19H2/t11-,13+,15-,16+/m1/s1. The smallest absolute Gasteiger partial charge is 0.269 e. The summed E-state index contributed by atoms with van der Waals surface area (Å²) in [6.45, 7) is 1.02. The molecule has 0 radical (unpaired) electrons. The Bertz CT molecular complexity index is 700. The van der Waals surface area contributed by atoms with E-state index in [0.717, 1.165) is 12.8 Å². The zero-order chi connectivity index (χ0) is 18.0. The van der Waals surface area contributed by atoms with E-state index >= 15 is 0 Å². The fraction of sp³-hybridized carbons (Fsp3) is 0.529. The van der Waals surface area contributed by atoms with Gasteiger partial charge in [-0.05, 0) is 43.2 Å². The minimum atomic E-state index is -0.598. The molecule has 1 aromatic carbocycles. The van der Waals surface area contributed by atoms with E-state index < -0.39 is 11.0 Å². The zero-order valence-corrected chi connectivity index (χ0v) is 13.7. The number of nitrogens with two attached hydrogens (primary N) is 1. The molecule has 25 heavy (non-hydrogen) atoms. The van der Waals surface area contributed by atoms with Crippen LogP contribution in [-0.2, 0) is 4.79 Å². The molecule has 4 atom stereocenters. The van der Waals surface area contributed by atoms with Crippen LogP contribution in [0.1, 0.15) is 19.3 Å². The first-order valence-electron chi connectivity index (χ1n) is 8.34. The number of amides is 1. The molecular formula is C17H20N4O4. The molecule has 1 saturated heterocycles. The first kappa shape index (κ1) is 17.2. The highest BCUT2D eigenvalue weighted by atomic mass is 16.6. The van der Waals surface area contributed by atoms with Gasteiger partial charge in [0.15, 0.2) is 0 Å². The molecule has 1 aliphatic heterocycles. The summed E-state index contributed by atoms with van der Waals surface area (Å²) < 4.78 is 5.64. The Morgan fingerprint density at radius 3 is 2.84 bits per heavy atom. The predicted molar refractivity (Wildman–Crippen MR) is 88.5 cm³/mol. The highest BCUT2D eigenvalue weighted by molar-refractivity contribution is 5.83. The normalized spacial score (nSPS) is 25.9. The molecule has 132 valence electrons. The van der Waals surface area contributed by atoms with E-state index in [4.69, 9.17) is 15.7 Å². The van der Waals surface area contributed by atoms with Gasteiger partial charge in [0, 0.05) is 18.7 Å². The highest BCUT2D eigenvalue weighted by Crippen LogP contribution is 2.41. The Kier molecular flexibility index (Phi) is 4.86. The quantitative estimate of drug-likeness (QED) is 0.615. The van der Waals surface area contributed by atoms with Gasteiger partial charge in [-0.1, -0.05) is 0 Å². The van der Waals surface area contributed by atoms with Crippen molar-refractivity contribution in [1.29, 1.82) is 5.26 Å². The largest absolute Gasteiger partial charge is 0.493 e. The molecule has 2 fully saturated rings. The highest BCUT2D eigenvalue weighted by Gasteiger charge is 2.47. The van der Waals surface area contributed by atoms with Gasteiger partial charge in [0.05, 0.1) is 23.6 Å².